The molecule has 0 amide bonds. The molecule has 2 heteroatoms. The molecule has 0 spiro atoms. The third-order valence-corrected chi connectivity index (χ3v) is 4.77. The van der Waals surface area contributed by atoms with E-state index in [1.54, 1.807) is 0 Å². The van der Waals surface area contributed by atoms with Crippen molar-refractivity contribution in [2.24, 2.45) is 0 Å². The predicted molar refractivity (Wildman–Crippen MR) is 75.3 cm³/mol. The zero-order valence-corrected chi connectivity index (χ0v) is 12.6. The number of aryl methyl sites for hydroxylation is 2. The van der Waals surface area contributed by atoms with Crippen LogP contribution in [0.1, 0.15) is 30.5 Å². The Hall–Kier alpha value is -0.340. The Bertz CT molecular complexity index is 338. The lowest BCUT2D eigenvalue weighted by Crippen LogP contribution is -2.42. The fourth-order valence-electron chi connectivity index (χ4n) is 1.65. The van der Waals surface area contributed by atoms with E-state index in [1.165, 1.54) is 16.7 Å². The molecule has 90 valence electrons. The van der Waals surface area contributed by atoms with Crippen molar-refractivity contribution in [1.82, 2.24) is 4.90 Å². The van der Waals surface area contributed by atoms with E-state index in [4.69, 9.17) is 0 Å². The van der Waals surface area contributed by atoms with Gasteiger partial charge in [0.05, 0.1) is 0 Å². The van der Waals surface area contributed by atoms with Gasteiger partial charge in [-0.05, 0) is 51.4 Å². The van der Waals surface area contributed by atoms with E-state index in [1.807, 2.05) is 0 Å². The van der Waals surface area contributed by atoms with E-state index < -0.39 is 0 Å². The largest absolute Gasteiger partial charge is 0.296 e. The maximum Gasteiger partial charge on any atom is 0.0250 e. The minimum absolute atomic E-state index is 0.189. The molecule has 16 heavy (non-hydrogen) atoms. The van der Waals surface area contributed by atoms with Gasteiger partial charge in [-0.25, -0.2) is 0 Å². The van der Waals surface area contributed by atoms with Crippen LogP contribution in [-0.4, -0.2) is 22.8 Å². The molecule has 0 heterocycles. The molecule has 0 saturated carbocycles. The number of rotatable bonds is 4. The van der Waals surface area contributed by atoms with Gasteiger partial charge in [-0.15, -0.1) is 0 Å². The molecule has 0 bridgehead atoms. The molecule has 0 aliphatic heterocycles. The van der Waals surface area contributed by atoms with Gasteiger partial charge in [0.1, 0.15) is 0 Å². The summed E-state index contributed by atoms with van der Waals surface area (Å²) in [5, 5.41) is 0.988. The van der Waals surface area contributed by atoms with Gasteiger partial charge in [-0.1, -0.05) is 34.1 Å². The Labute approximate surface area is 108 Å². The van der Waals surface area contributed by atoms with E-state index >= 15 is 0 Å². The molecule has 0 aliphatic rings. The number of nitrogens with zero attached hydrogens (tertiary/aromatic N) is 1. The first-order chi connectivity index (χ1) is 7.38. The highest BCUT2D eigenvalue weighted by molar-refractivity contribution is 9.09. The summed E-state index contributed by atoms with van der Waals surface area (Å²) in [7, 11) is 2.19. The molecule has 1 rings (SSSR count). The highest BCUT2D eigenvalue weighted by atomic mass is 79.9. The van der Waals surface area contributed by atoms with Gasteiger partial charge in [0.15, 0.2) is 0 Å². The van der Waals surface area contributed by atoms with Crippen molar-refractivity contribution in [2.45, 2.75) is 39.8 Å². The Kier molecular flexibility index (Phi) is 4.57. The molecule has 0 atom stereocenters. The average molecular weight is 284 g/mol. The first-order valence-corrected chi connectivity index (χ1v) is 6.83. The van der Waals surface area contributed by atoms with E-state index in [2.05, 4.69) is 73.8 Å². The van der Waals surface area contributed by atoms with Crippen LogP contribution >= 0.6 is 15.9 Å². The molecule has 1 nitrogen and oxygen atoms in total. The maximum absolute atomic E-state index is 3.58. The fraction of sp³-hybridized carbons (Fsp3) is 0.571. The lowest BCUT2D eigenvalue weighted by molar-refractivity contribution is 0.173. The first-order valence-electron chi connectivity index (χ1n) is 5.71. The van der Waals surface area contributed by atoms with Crippen LogP contribution < -0.4 is 0 Å². The quantitative estimate of drug-likeness (QED) is 0.758. The SMILES string of the molecule is Cc1cccc(C)c1CN(C)C(C)(C)CBr. The van der Waals surface area contributed by atoms with Gasteiger partial charge >= 0.3 is 0 Å². The third-order valence-electron chi connectivity index (χ3n) is 3.40. The van der Waals surface area contributed by atoms with Crippen LogP contribution in [0.2, 0.25) is 0 Å². The number of halogens is 1. The lowest BCUT2D eigenvalue weighted by atomic mass is 10.00. The second-order valence-corrected chi connectivity index (χ2v) is 5.73. The van der Waals surface area contributed by atoms with Gasteiger partial charge in [-0.3, -0.25) is 4.90 Å². The Morgan fingerprint density at radius 3 is 2.12 bits per heavy atom. The van der Waals surface area contributed by atoms with Crippen molar-refractivity contribution in [2.75, 3.05) is 12.4 Å². The summed E-state index contributed by atoms with van der Waals surface area (Å²) in [4.78, 5) is 2.40. The van der Waals surface area contributed by atoms with E-state index in [0.717, 1.165) is 11.9 Å². The van der Waals surface area contributed by atoms with Crippen LogP contribution in [0.3, 0.4) is 0 Å². The van der Waals surface area contributed by atoms with Crippen molar-refractivity contribution in [1.29, 1.82) is 0 Å². The zero-order valence-electron chi connectivity index (χ0n) is 11.0. The zero-order chi connectivity index (χ0) is 12.3. The normalized spacial score (nSPS) is 12.2. The Morgan fingerprint density at radius 2 is 1.69 bits per heavy atom. The van der Waals surface area contributed by atoms with Crippen LogP contribution in [0, 0.1) is 13.8 Å². The monoisotopic (exact) mass is 283 g/mol. The average Bonchev–Trinajstić information content (AvgIpc) is 2.23. The molecule has 0 aliphatic carbocycles. The number of hydrogen-bond donors (Lipinski definition) is 0. The smallest absolute Gasteiger partial charge is 0.0250 e. The lowest BCUT2D eigenvalue weighted by Gasteiger charge is -2.34. The van der Waals surface area contributed by atoms with Crippen molar-refractivity contribution in [3.05, 3.63) is 34.9 Å². The molecule has 1 aromatic carbocycles. The Morgan fingerprint density at radius 1 is 1.19 bits per heavy atom. The van der Waals surface area contributed by atoms with Crippen LogP contribution in [0.5, 0.6) is 0 Å². The molecule has 0 N–H and O–H groups in total. The topological polar surface area (TPSA) is 3.24 Å². The van der Waals surface area contributed by atoms with Crippen LogP contribution in [0.25, 0.3) is 0 Å². The minimum Gasteiger partial charge on any atom is -0.296 e. The summed E-state index contributed by atoms with van der Waals surface area (Å²) in [5.41, 5.74) is 4.42. The summed E-state index contributed by atoms with van der Waals surface area (Å²) >= 11 is 3.58. The molecule has 0 aromatic heterocycles. The van der Waals surface area contributed by atoms with E-state index in [-0.39, 0.29) is 5.54 Å². The first kappa shape index (κ1) is 13.7. The van der Waals surface area contributed by atoms with Gasteiger partial charge < -0.3 is 0 Å². The predicted octanol–water partition coefficient (Wildman–Crippen LogP) is 3.91. The van der Waals surface area contributed by atoms with Crippen LogP contribution in [0.15, 0.2) is 18.2 Å². The highest BCUT2D eigenvalue weighted by Crippen LogP contribution is 2.21. The van der Waals surface area contributed by atoms with Gasteiger partial charge in [0, 0.05) is 17.4 Å². The molecule has 0 radical (unpaired) electrons. The molecule has 0 unspecified atom stereocenters. The molecule has 0 saturated heterocycles. The van der Waals surface area contributed by atoms with Gasteiger partial charge in [0.2, 0.25) is 0 Å². The number of alkyl halides is 1. The second-order valence-electron chi connectivity index (χ2n) is 5.17. The number of hydrogen-bond acceptors (Lipinski definition) is 1. The summed E-state index contributed by atoms with van der Waals surface area (Å²) in [6.07, 6.45) is 0. The molecule has 1 aromatic rings. The summed E-state index contributed by atoms with van der Waals surface area (Å²) in [6, 6.07) is 6.51. The van der Waals surface area contributed by atoms with E-state index in [9.17, 15) is 0 Å². The Balaban J connectivity index is 2.89. The summed E-state index contributed by atoms with van der Waals surface area (Å²) in [6.45, 7) is 9.91. The minimum atomic E-state index is 0.189. The molecule has 0 fully saturated rings. The number of benzene rings is 1. The third kappa shape index (κ3) is 3.08. The van der Waals surface area contributed by atoms with Crippen molar-refractivity contribution < 1.29 is 0 Å². The second kappa shape index (κ2) is 5.33. The fourth-order valence-corrected chi connectivity index (χ4v) is 2.08. The van der Waals surface area contributed by atoms with Crippen LogP contribution in [-0.2, 0) is 6.54 Å². The van der Waals surface area contributed by atoms with Gasteiger partial charge in [-0.2, -0.15) is 0 Å². The standard InChI is InChI=1S/C14H22BrN/c1-11-7-6-8-12(2)13(11)9-16(5)14(3,4)10-15/h6-8H,9-10H2,1-5H3. The van der Waals surface area contributed by atoms with Crippen molar-refractivity contribution >= 4 is 15.9 Å². The summed E-state index contributed by atoms with van der Waals surface area (Å²) in [5.74, 6) is 0. The molecular formula is C14H22BrN. The summed E-state index contributed by atoms with van der Waals surface area (Å²) < 4.78 is 0. The maximum atomic E-state index is 3.58. The van der Waals surface area contributed by atoms with Crippen molar-refractivity contribution in [3.8, 4) is 0 Å². The van der Waals surface area contributed by atoms with E-state index in [0.29, 0.717) is 0 Å². The highest BCUT2D eigenvalue weighted by Gasteiger charge is 2.22. The van der Waals surface area contributed by atoms with Crippen molar-refractivity contribution in [3.63, 3.8) is 0 Å². The molecular weight excluding hydrogens is 262 g/mol. The van der Waals surface area contributed by atoms with Gasteiger partial charge in [0.25, 0.3) is 0 Å². The van der Waals surface area contributed by atoms with Crippen LogP contribution in [0.4, 0.5) is 0 Å².